The van der Waals surface area contributed by atoms with Gasteiger partial charge in [-0.3, -0.25) is 4.79 Å². The number of Topliss-reactive ketones (excluding diaryl/α,β-unsaturated/α-hetero) is 1. The van der Waals surface area contributed by atoms with Crippen LogP contribution in [-0.2, 0) is 25.7 Å². The van der Waals surface area contributed by atoms with Gasteiger partial charge in [0.25, 0.3) is 0 Å². The number of hydrogen-bond donors (Lipinski definition) is 1. The van der Waals surface area contributed by atoms with E-state index in [1.165, 1.54) is 7.11 Å². The summed E-state index contributed by atoms with van der Waals surface area (Å²) in [7, 11) is 1.27. The topological polar surface area (TPSA) is 97.1 Å². The highest BCUT2D eigenvalue weighted by Crippen LogP contribution is 2.48. The van der Waals surface area contributed by atoms with Gasteiger partial charge in [0, 0.05) is 22.9 Å². The first kappa shape index (κ1) is 23.9. The molecule has 2 aromatic rings. The van der Waals surface area contributed by atoms with Gasteiger partial charge in [0.05, 0.1) is 19.6 Å². The molecule has 8 heteroatoms. The van der Waals surface area contributed by atoms with Crippen LogP contribution in [0, 0.1) is 0 Å². The van der Waals surface area contributed by atoms with Gasteiger partial charge >= 0.3 is 5.97 Å². The molecule has 0 aromatic heterocycles. The van der Waals surface area contributed by atoms with E-state index in [-0.39, 0.29) is 17.2 Å². The van der Waals surface area contributed by atoms with Gasteiger partial charge in [-0.05, 0) is 36.6 Å². The largest absolute Gasteiger partial charge is 0.490 e. The monoisotopic (exact) mass is 527 g/mol. The third-order valence-corrected chi connectivity index (χ3v) is 6.49. The van der Waals surface area contributed by atoms with E-state index >= 15 is 0 Å². The average molecular weight is 528 g/mol. The van der Waals surface area contributed by atoms with Gasteiger partial charge in [-0.25, -0.2) is 4.79 Å². The molecule has 178 valence electrons. The van der Waals surface area contributed by atoms with E-state index in [0.717, 1.165) is 5.56 Å². The molecule has 2 aliphatic rings. The fourth-order valence-corrected chi connectivity index (χ4v) is 4.82. The molecule has 1 aliphatic heterocycles. The highest BCUT2D eigenvalue weighted by atomic mass is 79.9. The number of methoxy groups -OCH3 is 1. The maximum absolute atomic E-state index is 13.0. The van der Waals surface area contributed by atoms with Gasteiger partial charge < -0.3 is 24.7 Å². The van der Waals surface area contributed by atoms with Crippen LogP contribution in [0.2, 0.25) is 0 Å². The van der Waals surface area contributed by atoms with Crippen LogP contribution in [0.25, 0.3) is 0 Å². The number of esters is 1. The Bertz CT molecular complexity index is 1170. The number of ether oxygens (including phenoxy) is 4. The molecule has 0 unspecified atom stereocenters. The number of halogens is 1. The van der Waals surface area contributed by atoms with E-state index in [9.17, 15) is 9.59 Å². The Morgan fingerprint density at radius 1 is 1.15 bits per heavy atom. The molecule has 0 spiro atoms. The predicted molar refractivity (Wildman–Crippen MR) is 129 cm³/mol. The van der Waals surface area contributed by atoms with Gasteiger partial charge in [0.2, 0.25) is 5.88 Å². The number of benzene rings is 2. The van der Waals surface area contributed by atoms with Crippen LogP contribution in [-0.4, -0.2) is 25.5 Å². The maximum Gasteiger partial charge on any atom is 0.340 e. The molecule has 7 nitrogen and oxygen atoms in total. The van der Waals surface area contributed by atoms with E-state index in [1.807, 2.05) is 37.3 Å². The minimum absolute atomic E-state index is 0.0560. The first-order valence-electron chi connectivity index (χ1n) is 11.1. The molecule has 1 aliphatic carbocycles. The zero-order chi connectivity index (χ0) is 24.2. The van der Waals surface area contributed by atoms with E-state index in [2.05, 4.69) is 15.9 Å². The van der Waals surface area contributed by atoms with Gasteiger partial charge in [0.1, 0.15) is 17.9 Å². The number of rotatable bonds is 7. The van der Waals surface area contributed by atoms with Crippen molar-refractivity contribution in [3.05, 3.63) is 80.9 Å². The van der Waals surface area contributed by atoms with E-state index < -0.39 is 11.9 Å². The molecule has 1 heterocycles. The summed E-state index contributed by atoms with van der Waals surface area (Å²) < 4.78 is 23.3. The second kappa shape index (κ2) is 10.3. The Morgan fingerprint density at radius 2 is 1.88 bits per heavy atom. The predicted octanol–water partition coefficient (Wildman–Crippen LogP) is 4.89. The van der Waals surface area contributed by atoms with Crippen LogP contribution < -0.4 is 15.2 Å². The van der Waals surface area contributed by atoms with Crippen LogP contribution in [0.15, 0.2) is 69.7 Å². The lowest BCUT2D eigenvalue weighted by molar-refractivity contribution is -0.136. The second-order valence-corrected chi connectivity index (χ2v) is 8.80. The van der Waals surface area contributed by atoms with Crippen LogP contribution in [0.3, 0.4) is 0 Å². The van der Waals surface area contributed by atoms with Gasteiger partial charge in [-0.2, -0.15) is 0 Å². The third kappa shape index (κ3) is 4.68. The molecule has 0 radical (unpaired) electrons. The average Bonchev–Trinajstić information content (AvgIpc) is 2.83. The Balaban J connectivity index is 1.80. The van der Waals surface area contributed by atoms with E-state index in [4.69, 9.17) is 24.7 Å². The van der Waals surface area contributed by atoms with Crippen molar-refractivity contribution in [1.29, 1.82) is 0 Å². The molecule has 2 N–H and O–H groups in total. The summed E-state index contributed by atoms with van der Waals surface area (Å²) in [5, 5.41) is 0. The summed E-state index contributed by atoms with van der Waals surface area (Å²) in [4.78, 5) is 25.7. The first-order chi connectivity index (χ1) is 16.4. The molecule has 34 heavy (non-hydrogen) atoms. The Kier molecular flexibility index (Phi) is 7.26. The summed E-state index contributed by atoms with van der Waals surface area (Å²) in [6.45, 7) is 2.64. The lowest BCUT2D eigenvalue weighted by atomic mass is 9.77. The van der Waals surface area contributed by atoms with Gasteiger partial charge in [-0.1, -0.05) is 46.3 Å². The number of allylic oxidation sites excluding steroid dienone is 2. The van der Waals surface area contributed by atoms with Crippen molar-refractivity contribution in [3.63, 3.8) is 0 Å². The molecule has 0 amide bonds. The van der Waals surface area contributed by atoms with Crippen molar-refractivity contribution < 1.29 is 28.5 Å². The van der Waals surface area contributed by atoms with Gasteiger partial charge in [-0.15, -0.1) is 0 Å². The number of nitrogens with two attached hydrogens (primary N) is 1. The SMILES string of the molecule is CCOc1cc([C@@H]2C(C(=O)OC)=C(N)OC3=C2C(=O)CCC3)c(Br)cc1OCc1ccccc1. The first-order valence-corrected chi connectivity index (χ1v) is 11.9. The van der Waals surface area contributed by atoms with Crippen molar-refractivity contribution in [2.24, 2.45) is 5.73 Å². The summed E-state index contributed by atoms with van der Waals surface area (Å²) in [5.41, 5.74) is 8.35. The van der Waals surface area contributed by atoms with Crippen molar-refractivity contribution >= 4 is 27.7 Å². The quantitative estimate of drug-likeness (QED) is 0.511. The Hall–Kier alpha value is -3.26. The van der Waals surface area contributed by atoms with Gasteiger partial charge in [0.15, 0.2) is 17.3 Å². The minimum Gasteiger partial charge on any atom is -0.490 e. The molecule has 4 rings (SSSR count). The molecule has 0 saturated carbocycles. The number of carbonyl (C=O) groups is 2. The molecule has 0 fully saturated rings. The molecular weight excluding hydrogens is 502 g/mol. The summed E-state index contributed by atoms with van der Waals surface area (Å²) in [6, 6.07) is 13.4. The highest BCUT2D eigenvalue weighted by molar-refractivity contribution is 9.10. The summed E-state index contributed by atoms with van der Waals surface area (Å²) in [5.74, 6) is 0.00235. The lowest BCUT2D eigenvalue weighted by Gasteiger charge is -2.33. The molecule has 2 aromatic carbocycles. The van der Waals surface area contributed by atoms with Crippen LogP contribution in [0.4, 0.5) is 0 Å². The van der Waals surface area contributed by atoms with Crippen molar-refractivity contribution in [2.75, 3.05) is 13.7 Å². The highest BCUT2D eigenvalue weighted by Gasteiger charge is 2.42. The molecule has 0 saturated heterocycles. The molecule has 0 bridgehead atoms. The van der Waals surface area contributed by atoms with Crippen molar-refractivity contribution in [3.8, 4) is 11.5 Å². The zero-order valence-corrected chi connectivity index (χ0v) is 20.6. The smallest absolute Gasteiger partial charge is 0.340 e. The lowest BCUT2D eigenvalue weighted by Crippen LogP contribution is -2.31. The third-order valence-electron chi connectivity index (χ3n) is 5.80. The fraction of sp³-hybridized carbons (Fsp3) is 0.308. The fourth-order valence-electron chi connectivity index (χ4n) is 4.26. The Labute approximate surface area is 206 Å². The summed E-state index contributed by atoms with van der Waals surface area (Å²) in [6.07, 6.45) is 1.62. The maximum atomic E-state index is 13.0. The van der Waals surface area contributed by atoms with Crippen LogP contribution in [0.1, 0.15) is 43.2 Å². The van der Waals surface area contributed by atoms with Crippen LogP contribution >= 0.6 is 15.9 Å². The number of carbonyl (C=O) groups excluding carboxylic acids is 2. The minimum atomic E-state index is -0.749. The standard InChI is InChI=1S/C26H26BrNO6/c1-3-32-20-12-16(17(27)13-21(20)33-14-15-8-5-4-6-9-15)22-23-18(29)10-7-11-19(23)34-25(28)24(22)26(30)31-2/h4-6,8-9,12-13,22H,3,7,10-11,14,28H2,1-2H3/t22-/m0/s1. The molecular formula is C26H26BrNO6. The molecule has 1 atom stereocenters. The van der Waals surface area contributed by atoms with E-state index in [1.54, 1.807) is 12.1 Å². The number of ketones is 1. The zero-order valence-electron chi connectivity index (χ0n) is 19.1. The van der Waals surface area contributed by atoms with Crippen molar-refractivity contribution in [2.45, 2.75) is 38.7 Å². The normalized spacial score (nSPS) is 17.7. The van der Waals surface area contributed by atoms with Crippen LogP contribution in [0.5, 0.6) is 11.5 Å². The Morgan fingerprint density at radius 3 is 2.59 bits per heavy atom. The van der Waals surface area contributed by atoms with E-state index in [0.29, 0.717) is 65.3 Å². The second-order valence-electron chi connectivity index (χ2n) is 7.95. The number of hydrogen-bond acceptors (Lipinski definition) is 7. The van der Waals surface area contributed by atoms with Crippen molar-refractivity contribution in [1.82, 2.24) is 0 Å². The summed E-state index contributed by atoms with van der Waals surface area (Å²) >= 11 is 3.62.